The van der Waals surface area contributed by atoms with Crippen molar-refractivity contribution in [2.24, 2.45) is 0 Å². The Hall–Kier alpha value is -4.25. The molecule has 10 nitrogen and oxygen atoms in total. The molecule has 0 aliphatic carbocycles. The molecule has 0 radical (unpaired) electrons. The van der Waals surface area contributed by atoms with Crippen molar-refractivity contribution in [3.05, 3.63) is 69.2 Å². The van der Waals surface area contributed by atoms with E-state index in [-0.39, 0.29) is 12.0 Å². The summed E-state index contributed by atoms with van der Waals surface area (Å²) < 4.78 is 11.5. The Kier molecular flexibility index (Phi) is 9.38. The van der Waals surface area contributed by atoms with E-state index in [4.69, 9.17) is 9.72 Å². The topological polar surface area (TPSA) is 122 Å². The molecule has 0 aliphatic rings. The first kappa shape index (κ1) is 29.7. The highest BCUT2D eigenvalue weighted by atomic mass is 32.1. The van der Waals surface area contributed by atoms with Gasteiger partial charge in [0.1, 0.15) is 17.6 Å². The smallest absolute Gasteiger partial charge is 0.326 e. The van der Waals surface area contributed by atoms with Crippen molar-refractivity contribution in [3.63, 3.8) is 0 Å². The highest BCUT2D eigenvalue weighted by Gasteiger charge is 2.24. The highest BCUT2D eigenvalue weighted by molar-refractivity contribution is 7.06. The van der Waals surface area contributed by atoms with Crippen LogP contribution in [0.4, 0.5) is 11.8 Å². The summed E-state index contributed by atoms with van der Waals surface area (Å²) in [6.07, 6.45) is 3.66. The third kappa shape index (κ3) is 6.25. The van der Waals surface area contributed by atoms with Gasteiger partial charge >= 0.3 is 5.97 Å². The van der Waals surface area contributed by atoms with Gasteiger partial charge in [0.2, 0.25) is 5.95 Å². The number of anilines is 2. The molecule has 1 atom stereocenters. The first-order chi connectivity index (χ1) is 19.7. The van der Waals surface area contributed by atoms with Gasteiger partial charge in [-0.25, -0.2) is 9.78 Å². The molecule has 216 valence electrons. The van der Waals surface area contributed by atoms with E-state index in [1.165, 1.54) is 18.6 Å². The van der Waals surface area contributed by atoms with Crippen LogP contribution < -0.4 is 20.5 Å². The van der Waals surface area contributed by atoms with Gasteiger partial charge in [-0.2, -0.15) is 9.36 Å². The Morgan fingerprint density at radius 2 is 1.83 bits per heavy atom. The predicted molar refractivity (Wildman–Crippen MR) is 163 cm³/mol. The number of benzene rings is 1. The average molecular weight is 577 g/mol. The molecule has 0 aliphatic heterocycles. The summed E-state index contributed by atoms with van der Waals surface area (Å²) in [6.45, 7) is 11.8. The third-order valence-corrected chi connectivity index (χ3v) is 7.95. The molecule has 0 fully saturated rings. The van der Waals surface area contributed by atoms with Crippen molar-refractivity contribution in [2.75, 3.05) is 30.4 Å². The van der Waals surface area contributed by atoms with Crippen molar-refractivity contribution in [3.8, 4) is 28.0 Å². The van der Waals surface area contributed by atoms with Gasteiger partial charge in [0.05, 0.1) is 18.4 Å². The van der Waals surface area contributed by atoms with Crippen molar-refractivity contribution in [1.82, 2.24) is 18.9 Å². The number of aromatic nitrogens is 4. The zero-order chi connectivity index (χ0) is 29.7. The number of methoxy groups -OCH3 is 1. The van der Waals surface area contributed by atoms with E-state index in [1.54, 1.807) is 23.0 Å². The van der Waals surface area contributed by atoms with Gasteiger partial charge in [0.15, 0.2) is 0 Å². The summed E-state index contributed by atoms with van der Waals surface area (Å²) in [4.78, 5) is 37.9. The monoisotopic (exact) mass is 576 g/mol. The lowest BCUT2D eigenvalue weighted by Crippen LogP contribution is -2.33. The summed E-state index contributed by atoms with van der Waals surface area (Å²) in [5.41, 5.74) is 4.30. The van der Waals surface area contributed by atoms with Crippen molar-refractivity contribution in [2.45, 2.75) is 53.6 Å². The van der Waals surface area contributed by atoms with Gasteiger partial charge in [0.25, 0.3) is 5.56 Å². The summed E-state index contributed by atoms with van der Waals surface area (Å²) in [6, 6.07) is 8.15. The van der Waals surface area contributed by atoms with Crippen LogP contribution in [0.15, 0.2) is 47.5 Å². The van der Waals surface area contributed by atoms with Gasteiger partial charge in [-0.3, -0.25) is 4.79 Å². The summed E-state index contributed by atoms with van der Waals surface area (Å²) in [7, 11) is 1.54. The lowest BCUT2D eigenvalue weighted by atomic mass is 10.00. The number of aliphatic carboxylic acids is 1. The van der Waals surface area contributed by atoms with Crippen LogP contribution in [0.5, 0.6) is 5.75 Å². The minimum absolute atomic E-state index is 0.140. The lowest BCUT2D eigenvalue weighted by Gasteiger charge is -2.22. The van der Waals surface area contributed by atoms with Crippen LogP contribution in [0.1, 0.15) is 36.9 Å². The second kappa shape index (κ2) is 12.9. The van der Waals surface area contributed by atoms with Crippen LogP contribution >= 0.6 is 11.5 Å². The molecule has 3 aromatic heterocycles. The third-order valence-electron chi connectivity index (χ3n) is 7.10. The summed E-state index contributed by atoms with van der Waals surface area (Å²) in [5.74, 6) is 0.469. The largest absolute Gasteiger partial charge is 0.496 e. The number of carboxylic acids is 1. The van der Waals surface area contributed by atoms with Gasteiger partial charge in [0, 0.05) is 54.5 Å². The number of nitrogens with zero attached hydrogens (tertiary/aromatic N) is 5. The predicted octanol–water partition coefficient (Wildman–Crippen LogP) is 5.03. The number of carboxylic acid groups (broad SMARTS) is 1. The van der Waals surface area contributed by atoms with Gasteiger partial charge in [-0.15, -0.1) is 0 Å². The van der Waals surface area contributed by atoms with E-state index in [9.17, 15) is 14.7 Å². The van der Waals surface area contributed by atoms with E-state index in [2.05, 4.69) is 14.7 Å². The maximum atomic E-state index is 13.0. The van der Waals surface area contributed by atoms with Crippen LogP contribution in [0.3, 0.4) is 0 Å². The molecule has 1 unspecified atom stereocenters. The molecular formula is C30H36N6O4S. The SMILES string of the molecule is CCN(CC)c1ncc(-c2c(C)nsc2C)c(NC(Cc2ccc(-c3c(OC)ccn(CC)c3=O)cc2)C(=O)O)n1. The molecule has 0 saturated heterocycles. The quantitative estimate of drug-likeness (QED) is 0.239. The van der Waals surface area contributed by atoms with Crippen LogP contribution in [0.25, 0.3) is 22.3 Å². The molecule has 41 heavy (non-hydrogen) atoms. The number of nitrogens with one attached hydrogen (secondary N) is 1. The Balaban J connectivity index is 1.68. The maximum absolute atomic E-state index is 13.0. The van der Waals surface area contributed by atoms with E-state index in [1.807, 2.05) is 63.8 Å². The van der Waals surface area contributed by atoms with Crippen molar-refractivity contribution in [1.29, 1.82) is 0 Å². The normalized spacial score (nSPS) is 11.8. The molecule has 0 spiro atoms. The summed E-state index contributed by atoms with van der Waals surface area (Å²) in [5, 5.41) is 13.4. The number of rotatable bonds is 12. The molecule has 3 heterocycles. The van der Waals surface area contributed by atoms with Crippen LogP contribution in [-0.4, -0.2) is 56.2 Å². The number of aryl methyl sites for hydroxylation is 3. The maximum Gasteiger partial charge on any atom is 0.326 e. The Morgan fingerprint density at radius 1 is 1.12 bits per heavy atom. The zero-order valence-electron chi connectivity index (χ0n) is 24.3. The van der Waals surface area contributed by atoms with Crippen molar-refractivity contribution < 1.29 is 14.6 Å². The highest BCUT2D eigenvalue weighted by Crippen LogP contribution is 2.35. The average Bonchev–Trinajstić information content (AvgIpc) is 3.31. The minimum Gasteiger partial charge on any atom is -0.496 e. The van der Waals surface area contributed by atoms with E-state index >= 15 is 0 Å². The molecule has 1 aromatic carbocycles. The van der Waals surface area contributed by atoms with E-state index in [0.29, 0.717) is 35.2 Å². The molecule has 4 aromatic rings. The number of ether oxygens (including phenoxy) is 1. The molecule has 4 rings (SSSR count). The molecule has 2 N–H and O–H groups in total. The van der Waals surface area contributed by atoms with Gasteiger partial charge < -0.3 is 24.6 Å². The van der Waals surface area contributed by atoms with E-state index < -0.39 is 12.0 Å². The number of hydrogen-bond donors (Lipinski definition) is 2. The molecule has 0 amide bonds. The molecule has 0 saturated carbocycles. The second-order valence-corrected chi connectivity index (χ2v) is 10.6. The zero-order valence-corrected chi connectivity index (χ0v) is 25.1. The Morgan fingerprint density at radius 3 is 2.39 bits per heavy atom. The van der Waals surface area contributed by atoms with E-state index in [0.717, 1.165) is 40.4 Å². The van der Waals surface area contributed by atoms with Crippen LogP contribution in [0.2, 0.25) is 0 Å². The fourth-order valence-electron chi connectivity index (χ4n) is 4.84. The second-order valence-electron chi connectivity index (χ2n) is 9.59. The molecular weight excluding hydrogens is 540 g/mol. The van der Waals surface area contributed by atoms with Crippen LogP contribution in [0, 0.1) is 13.8 Å². The van der Waals surface area contributed by atoms with Gasteiger partial charge in [-0.05, 0) is 63.3 Å². The Bertz CT molecular complexity index is 1560. The van der Waals surface area contributed by atoms with Crippen LogP contribution in [-0.2, 0) is 17.8 Å². The van der Waals surface area contributed by atoms with Crippen molar-refractivity contribution >= 4 is 29.3 Å². The standard InChI is InChI=1S/C30H36N6O4S/c1-7-35(8-2)30-31-17-22(25-18(4)34-41-19(25)5)27(33-30)32-23(29(38)39)16-20-10-12-21(13-11-20)26-24(40-6)14-15-36(9-3)28(26)37/h10-15,17,23H,7-9,16H2,1-6H3,(H,38,39)(H,31,32,33). The number of hydrogen-bond acceptors (Lipinski definition) is 9. The molecule has 0 bridgehead atoms. The number of pyridine rings is 1. The molecule has 11 heteroatoms. The fourth-order valence-corrected chi connectivity index (χ4v) is 5.56. The summed E-state index contributed by atoms with van der Waals surface area (Å²) >= 11 is 1.39. The lowest BCUT2D eigenvalue weighted by molar-refractivity contribution is -0.137. The Labute approximate surface area is 243 Å². The minimum atomic E-state index is -1.00. The number of carbonyl (C=O) groups is 1. The first-order valence-electron chi connectivity index (χ1n) is 13.6. The van der Waals surface area contributed by atoms with Gasteiger partial charge in [-0.1, -0.05) is 24.3 Å². The first-order valence-corrected chi connectivity index (χ1v) is 14.4. The fraction of sp³-hybridized carbons (Fsp3) is 0.367.